The zero-order valence-electron chi connectivity index (χ0n) is 17.1. The molecule has 0 bridgehead atoms. The molecule has 1 N–H and O–H groups in total. The molecule has 1 saturated carbocycles. The van der Waals surface area contributed by atoms with Gasteiger partial charge in [0, 0.05) is 23.6 Å². The van der Waals surface area contributed by atoms with E-state index in [9.17, 15) is 9.59 Å². The summed E-state index contributed by atoms with van der Waals surface area (Å²) in [5.74, 6) is 0.525. The molecule has 2 aromatic carbocycles. The van der Waals surface area contributed by atoms with E-state index >= 15 is 0 Å². The minimum atomic E-state index is -0.389. The van der Waals surface area contributed by atoms with Gasteiger partial charge < -0.3 is 14.6 Å². The fraction of sp³-hybridized carbons (Fsp3) is 0.304. The molecule has 8 heteroatoms. The van der Waals surface area contributed by atoms with Gasteiger partial charge >= 0.3 is 0 Å². The van der Waals surface area contributed by atoms with Crippen LogP contribution in [-0.2, 0) is 16.1 Å². The van der Waals surface area contributed by atoms with Gasteiger partial charge in [-0.1, -0.05) is 41.9 Å². The Morgan fingerprint density at radius 1 is 1.13 bits per heavy atom. The topological polar surface area (TPSA) is 88.3 Å². The first kappa shape index (κ1) is 21.1. The highest BCUT2D eigenvalue weighted by molar-refractivity contribution is 6.30. The van der Waals surface area contributed by atoms with Crippen LogP contribution in [0, 0.1) is 0 Å². The minimum absolute atomic E-state index is 0.0589. The first-order chi connectivity index (χ1) is 15.0. The molecule has 1 aromatic heterocycles. The molecule has 0 aliphatic heterocycles. The SMILES string of the molecule is CC(=O)NC(CC(=O)N(Cc1nnc(-c2ccc(Cl)cc2)o1)C1CC1)c1ccccc1. The van der Waals surface area contributed by atoms with Crippen LogP contribution < -0.4 is 5.32 Å². The first-order valence-corrected chi connectivity index (χ1v) is 10.6. The zero-order valence-corrected chi connectivity index (χ0v) is 17.9. The molecular weight excluding hydrogens is 416 g/mol. The summed E-state index contributed by atoms with van der Waals surface area (Å²) in [6, 6.07) is 16.4. The number of aromatic nitrogens is 2. The predicted octanol–water partition coefficient (Wildman–Crippen LogP) is 4.15. The Hall–Kier alpha value is -3.19. The Morgan fingerprint density at radius 2 is 1.84 bits per heavy atom. The molecule has 0 saturated heterocycles. The van der Waals surface area contributed by atoms with Gasteiger partial charge in [0.15, 0.2) is 0 Å². The van der Waals surface area contributed by atoms with Gasteiger partial charge in [-0.2, -0.15) is 0 Å². The predicted molar refractivity (Wildman–Crippen MR) is 116 cm³/mol. The molecule has 1 fully saturated rings. The summed E-state index contributed by atoms with van der Waals surface area (Å²) in [5, 5.41) is 11.7. The standard InChI is InChI=1S/C23H23ClN4O3/c1-15(29)25-20(16-5-3-2-4-6-16)13-22(30)28(19-11-12-19)14-21-26-27-23(31-21)17-7-9-18(24)10-8-17/h2-10,19-20H,11-14H2,1H3,(H,25,29). The molecular formula is C23H23ClN4O3. The summed E-state index contributed by atoms with van der Waals surface area (Å²) in [4.78, 5) is 26.7. The van der Waals surface area contributed by atoms with Crippen molar-refractivity contribution in [2.24, 2.45) is 0 Å². The number of hydrogen-bond acceptors (Lipinski definition) is 5. The van der Waals surface area contributed by atoms with E-state index in [0.717, 1.165) is 24.0 Å². The molecule has 2 amide bonds. The third kappa shape index (κ3) is 5.49. The lowest BCUT2D eigenvalue weighted by Crippen LogP contribution is -2.37. The summed E-state index contributed by atoms with van der Waals surface area (Å²) in [6.45, 7) is 1.70. The first-order valence-electron chi connectivity index (χ1n) is 10.2. The van der Waals surface area contributed by atoms with Crippen molar-refractivity contribution in [2.45, 2.75) is 44.8 Å². The normalized spacial score (nSPS) is 14.1. The maximum Gasteiger partial charge on any atom is 0.247 e. The molecule has 31 heavy (non-hydrogen) atoms. The van der Waals surface area contributed by atoms with Crippen LogP contribution in [0.5, 0.6) is 0 Å². The van der Waals surface area contributed by atoms with Gasteiger partial charge in [0.05, 0.1) is 19.0 Å². The highest BCUT2D eigenvalue weighted by atomic mass is 35.5. The second kappa shape index (κ2) is 9.31. The summed E-state index contributed by atoms with van der Waals surface area (Å²) in [6.07, 6.45) is 2.05. The van der Waals surface area contributed by atoms with Gasteiger partial charge in [-0.15, -0.1) is 10.2 Å². The van der Waals surface area contributed by atoms with Gasteiger partial charge in [-0.3, -0.25) is 9.59 Å². The van der Waals surface area contributed by atoms with E-state index < -0.39 is 0 Å². The van der Waals surface area contributed by atoms with Crippen molar-refractivity contribution in [2.75, 3.05) is 0 Å². The summed E-state index contributed by atoms with van der Waals surface area (Å²) >= 11 is 5.93. The molecule has 4 rings (SSSR count). The minimum Gasteiger partial charge on any atom is -0.419 e. The number of halogens is 1. The molecule has 3 aromatic rings. The zero-order chi connectivity index (χ0) is 21.8. The van der Waals surface area contributed by atoms with Crippen LogP contribution in [-0.4, -0.2) is 33.0 Å². The van der Waals surface area contributed by atoms with Crippen molar-refractivity contribution < 1.29 is 14.0 Å². The van der Waals surface area contributed by atoms with Crippen LogP contribution in [0.25, 0.3) is 11.5 Å². The van der Waals surface area contributed by atoms with Crippen LogP contribution in [0.15, 0.2) is 59.0 Å². The van der Waals surface area contributed by atoms with Crippen molar-refractivity contribution in [1.29, 1.82) is 0 Å². The van der Waals surface area contributed by atoms with Gasteiger partial charge in [-0.25, -0.2) is 0 Å². The molecule has 0 spiro atoms. The average molecular weight is 439 g/mol. The van der Waals surface area contributed by atoms with Crippen molar-refractivity contribution in [3.63, 3.8) is 0 Å². The largest absolute Gasteiger partial charge is 0.419 e. The Morgan fingerprint density at radius 3 is 2.48 bits per heavy atom. The van der Waals surface area contributed by atoms with Gasteiger partial charge in [0.1, 0.15) is 0 Å². The molecule has 1 aliphatic rings. The van der Waals surface area contributed by atoms with Gasteiger partial charge in [-0.05, 0) is 42.7 Å². The van der Waals surface area contributed by atoms with E-state index in [1.165, 1.54) is 6.92 Å². The van der Waals surface area contributed by atoms with E-state index in [2.05, 4.69) is 15.5 Å². The third-order valence-corrected chi connectivity index (χ3v) is 5.38. The van der Waals surface area contributed by atoms with Crippen LogP contribution in [0.2, 0.25) is 5.02 Å². The fourth-order valence-corrected chi connectivity index (χ4v) is 3.58. The van der Waals surface area contributed by atoms with Crippen LogP contribution in [0.3, 0.4) is 0 Å². The average Bonchev–Trinajstić information content (AvgIpc) is 3.50. The van der Waals surface area contributed by atoms with E-state index in [4.69, 9.17) is 16.0 Å². The van der Waals surface area contributed by atoms with Gasteiger partial charge in [0.25, 0.3) is 0 Å². The summed E-state index contributed by atoms with van der Waals surface area (Å²) in [7, 11) is 0. The highest BCUT2D eigenvalue weighted by Gasteiger charge is 2.35. The van der Waals surface area contributed by atoms with Crippen LogP contribution in [0.4, 0.5) is 0 Å². The lowest BCUT2D eigenvalue weighted by Gasteiger charge is -2.24. The number of rotatable bonds is 8. The van der Waals surface area contributed by atoms with Gasteiger partial charge in [0.2, 0.25) is 23.6 Å². The van der Waals surface area contributed by atoms with Crippen molar-refractivity contribution >= 4 is 23.4 Å². The molecule has 1 unspecified atom stereocenters. The summed E-state index contributed by atoms with van der Waals surface area (Å²) < 4.78 is 5.79. The Balaban J connectivity index is 1.48. The lowest BCUT2D eigenvalue weighted by molar-refractivity contribution is -0.133. The van der Waals surface area contributed by atoms with E-state index in [1.807, 2.05) is 30.3 Å². The maximum atomic E-state index is 13.2. The number of benzene rings is 2. The highest BCUT2D eigenvalue weighted by Crippen LogP contribution is 2.31. The number of amides is 2. The quantitative estimate of drug-likeness (QED) is 0.570. The molecule has 1 aliphatic carbocycles. The molecule has 1 atom stereocenters. The smallest absolute Gasteiger partial charge is 0.247 e. The number of nitrogens with zero attached hydrogens (tertiary/aromatic N) is 3. The molecule has 0 radical (unpaired) electrons. The monoisotopic (exact) mass is 438 g/mol. The number of hydrogen-bond donors (Lipinski definition) is 1. The number of nitrogens with one attached hydrogen (secondary N) is 1. The second-order valence-electron chi connectivity index (χ2n) is 7.63. The van der Waals surface area contributed by atoms with Crippen LogP contribution in [0.1, 0.15) is 43.7 Å². The third-order valence-electron chi connectivity index (χ3n) is 5.13. The molecule has 7 nitrogen and oxygen atoms in total. The van der Waals surface area contributed by atoms with E-state index in [1.54, 1.807) is 29.2 Å². The van der Waals surface area contributed by atoms with E-state index in [0.29, 0.717) is 16.8 Å². The van der Waals surface area contributed by atoms with Crippen molar-refractivity contribution in [1.82, 2.24) is 20.4 Å². The van der Waals surface area contributed by atoms with E-state index in [-0.39, 0.29) is 36.9 Å². The van der Waals surface area contributed by atoms with Crippen LogP contribution >= 0.6 is 11.6 Å². The number of carbonyl (C=O) groups excluding carboxylic acids is 2. The summed E-state index contributed by atoms with van der Waals surface area (Å²) in [5.41, 5.74) is 1.66. The fourth-order valence-electron chi connectivity index (χ4n) is 3.45. The van der Waals surface area contributed by atoms with Crippen molar-refractivity contribution in [3.8, 4) is 11.5 Å². The lowest BCUT2D eigenvalue weighted by atomic mass is 10.0. The second-order valence-corrected chi connectivity index (χ2v) is 8.07. The number of carbonyl (C=O) groups is 2. The Labute approximate surface area is 185 Å². The molecule has 160 valence electrons. The van der Waals surface area contributed by atoms with Crippen molar-refractivity contribution in [3.05, 3.63) is 71.1 Å². The molecule has 1 heterocycles. The Kier molecular flexibility index (Phi) is 6.32. The maximum absolute atomic E-state index is 13.2. The Bertz CT molecular complexity index is 1050.